The standard InChI is InChI=1S/C17H18N6O/c1-12(24)22-8-10-23(11-9-22)15-6-2-5-14(19-15)16-13-4-3-7-18-17(13)21-20-16/h2-7H,8-11H2,1H3,(H,18,20,21). The van der Waals surface area contributed by atoms with Gasteiger partial charge in [0.05, 0.1) is 5.69 Å². The lowest BCUT2D eigenvalue weighted by molar-refractivity contribution is -0.129. The maximum absolute atomic E-state index is 11.5. The van der Waals surface area contributed by atoms with E-state index in [2.05, 4.69) is 20.1 Å². The van der Waals surface area contributed by atoms with Crippen LogP contribution in [0.4, 0.5) is 5.82 Å². The zero-order valence-corrected chi connectivity index (χ0v) is 13.4. The maximum atomic E-state index is 11.5. The zero-order chi connectivity index (χ0) is 16.5. The Hall–Kier alpha value is -2.96. The summed E-state index contributed by atoms with van der Waals surface area (Å²) in [5.74, 6) is 1.04. The summed E-state index contributed by atoms with van der Waals surface area (Å²) >= 11 is 0. The highest BCUT2D eigenvalue weighted by molar-refractivity contribution is 5.89. The minimum atomic E-state index is 0.131. The van der Waals surface area contributed by atoms with E-state index in [1.54, 1.807) is 13.1 Å². The molecule has 1 saturated heterocycles. The van der Waals surface area contributed by atoms with E-state index in [4.69, 9.17) is 4.98 Å². The van der Waals surface area contributed by atoms with Crippen molar-refractivity contribution in [1.29, 1.82) is 0 Å². The number of anilines is 1. The van der Waals surface area contributed by atoms with Crippen molar-refractivity contribution in [2.24, 2.45) is 0 Å². The molecular weight excluding hydrogens is 304 g/mol. The number of carbonyl (C=O) groups is 1. The highest BCUT2D eigenvalue weighted by atomic mass is 16.2. The fourth-order valence-electron chi connectivity index (χ4n) is 3.03. The molecule has 1 N–H and O–H groups in total. The second kappa shape index (κ2) is 5.92. The molecule has 0 saturated carbocycles. The predicted octanol–water partition coefficient (Wildman–Crippen LogP) is 1.69. The van der Waals surface area contributed by atoms with Crippen LogP contribution < -0.4 is 4.90 Å². The van der Waals surface area contributed by atoms with Gasteiger partial charge in [-0.3, -0.25) is 9.89 Å². The summed E-state index contributed by atoms with van der Waals surface area (Å²) in [5, 5.41) is 8.27. The smallest absolute Gasteiger partial charge is 0.219 e. The van der Waals surface area contributed by atoms with E-state index < -0.39 is 0 Å². The van der Waals surface area contributed by atoms with Crippen LogP contribution in [0.3, 0.4) is 0 Å². The van der Waals surface area contributed by atoms with E-state index in [1.807, 2.05) is 35.2 Å². The van der Waals surface area contributed by atoms with Crippen molar-refractivity contribution in [2.45, 2.75) is 6.92 Å². The minimum Gasteiger partial charge on any atom is -0.353 e. The number of hydrogen-bond acceptors (Lipinski definition) is 5. The Balaban J connectivity index is 1.62. The summed E-state index contributed by atoms with van der Waals surface area (Å²) in [6, 6.07) is 9.83. The maximum Gasteiger partial charge on any atom is 0.219 e. The van der Waals surface area contributed by atoms with Gasteiger partial charge in [0, 0.05) is 44.7 Å². The third kappa shape index (κ3) is 2.58. The molecule has 4 rings (SSSR count). The molecule has 7 heteroatoms. The Labute approximate surface area is 139 Å². The van der Waals surface area contributed by atoms with Crippen LogP contribution >= 0.6 is 0 Å². The normalized spacial score (nSPS) is 15.0. The fraction of sp³-hybridized carbons (Fsp3) is 0.294. The average molecular weight is 322 g/mol. The van der Waals surface area contributed by atoms with Crippen molar-refractivity contribution in [1.82, 2.24) is 25.1 Å². The first-order valence-corrected chi connectivity index (χ1v) is 7.99. The van der Waals surface area contributed by atoms with Crippen LogP contribution in [0.5, 0.6) is 0 Å². The van der Waals surface area contributed by atoms with Crippen LogP contribution in [0.2, 0.25) is 0 Å². The van der Waals surface area contributed by atoms with E-state index in [9.17, 15) is 4.79 Å². The monoisotopic (exact) mass is 322 g/mol. The summed E-state index contributed by atoms with van der Waals surface area (Å²) in [6.07, 6.45) is 1.74. The molecule has 0 radical (unpaired) electrons. The van der Waals surface area contributed by atoms with Gasteiger partial charge in [-0.15, -0.1) is 0 Å². The largest absolute Gasteiger partial charge is 0.353 e. The summed E-state index contributed by atoms with van der Waals surface area (Å²) in [5.41, 5.74) is 2.39. The van der Waals surface area contributed by atoms with Gasteiger partial charge in [0.25, 0.3) is 0 Å². The van der Waals surface area contributed by atoms with Gasteiger partial charge in [-0.2, -0.15) is 5.10 Å². The topological polar surface area (TPSA) is 78.0 Å². The Morgan fingerprint density at radius 2 is 1.96 bits per heavy atom. The first-order valence-electron chi connectivity index (χ1n) is 7.99. The number of nitrogens with zero attached hydrogens (tertiary/aromatic N) is 5. The second-order valence-electron chi connectivity index (χ2n) is 5.85. The Kier molecular flexibility index (Phi) is 3.60. The zero-order valence-electron chi connectivity index (χ0n) is 13.4. The molecule has 1 aliphatic heterocycles. The van der Waals surface area contributed by atoms with Gasteiger partial charge in [0.1, 0.15) is 11.5 Å². The molecule has 0 aromatic carbocycles. The minimum absolute atomic E-state index is 0.131. The number of aromatic nitrogens is 4. The van der Waals surface area contributed by atoms with Crippen molar-refractivity contribution in [3.05, 3.63) is 36.5 Å². The van der Waals surface area contributed by atoms with Crippen molar-refractivity contribution < 1.29 is 4.79 Å². The Bertz CT molecular complexity index is 881. The molecule has 1 aliphatic rings. The van der Waals surface area contributed by atoms with Gasteiger partial charge in [-0.1, -0.05) is 6.07 Å². The van der Waals surface area contributed by atoms with Gasteiger partial charge in [0.15, 0.2) is 5.65 Å². The first-order chi connectivity index (χ1) is 11.7. The number of carbonyl (C=O) groups excluding carboxylic acids is 1. The summed E-state index contributed by atoms with van der Waals surface area (Å²) < 4.78 is 0. The number of fused-ring (bicyclic) bond motifs is 1. The Morgan fingerprint density at radius 3 is 2.75 bits per heavy atom. The van der Waals surface area contributed by atoms with Gasteiger partial charge >= 0.3 is 0 Å². The van der Waals surface area contributed by atoms with Crippen LogP contribution in [0, 0.1) is 0 Å². The Morgan fingerprint density at radius 1 is 1.12 bits per heavy atom. The molecule has 0 atom stereocenters. The quantitative estimate of drug-likeness (QED) is 0.777. The number of hydrogen-bond donors (Lipinski definition) is 1. The molecule has 24 heavy (non-hydrogen) atoms. The third-order valence-corrected chi connectivity index (χ3v) is 4.36. The molecule has 0 unspecified atom stereocenters. The molecule has 3 aromatic heterocycles. The molecule has 122 valence electrons. The number of amides is 1. The lowest BCUT2D eigenvalue weighted by atomic mass is 10.2. The van der Waals surface area contributed by atoms with E-state index in [0.29, 0.717) is 0 Å². The van der Waals surface area contributed by atoms with E-state index in [0.717, 1.165) is 54.4 Å². The van der Waals surface area contributed by atoms with Crippen LogP contribution in [0.15, 0.2) is 36.5 Å². The lowest BCUT2D eigenvalue weighted by Crippen LogP contribution is -2.48. The van der Waals surface area contributed by atoms with Crippen molar-refractivity contribution >= 4 is 22.8 Å². The summed E-state index contributed by atoms with van der Waals surface area (Å²) in [7, 11) is 0. The molecule has 0 spiro atoms. The summed E-state index contributed by atoms with van der Waals surface area (Å²) in [6.45, 7) is 4.66. The second-order valence-corrected chi connectivity index (χ2v) is 5.85. The molecule has 0 bridgehead atoms. The van der Waals surface area contributed by atoms with Crippen LogP contribution in [0.1, 0.15) is 6.92 Å². The molecule has 0 aliphatic carbocycles. The van der Waals surface area contributed by atoms with Crippen LogP contribution in [-0.4, -0.2) is 57.2 Å². The van der Waals surface area contributed by atoms with E-state index in [1.165, 1.54) is 0 Å². The first kappa shape index (κ1) is 14.6. The molecule has 4 heterocycles. The third-order valence-electron chi connectivity index (χ3n) is 4.36. The SMILES string of the molecule is CC(=O)N1CCN(c2cccc(-c3n[nH]c4ncccc34)n2)CC1. The number of aromatic amines is 1. The highest BCUT2D eigenvalue weighted by Crippen LogP contribution is 2.25. The fourth-order valence-corrected chi connectivity index (χ4v) is 3.03. The molecule has 1 fully saturated rings. The molecule has 1 amide bonds. The number of H-pyrrole nitrogens is 1. The highest BCUT2D eigenvalue weighted by Gasteiger charge is 2.20. The average Bonchev–Trinajstić information content (AvgIpc) is 3.06. The molecular formula is C17H18N6O. The van der Waals surface area contributed by atoms with Crippen LogP contribution in [0.25, 0.3) is 22.4 Å². The molecule has 3 aromatic rings. The summed E-state index contributed by atoms with van der Waals surface area (Å²) in [4.78, 5) is 24.6. The van der Waals surface area contributed by atoms with E-state index >= 15 is 0 Å². The van der Waals surface area contributed by atoms with Gasteiger partial charge in [-0.05, 0) is 24.3 Å². The van der Waals surface area contributed by atoms with Gasteiger partial charge in [-0.25, -0.2) is 9.97 Å². The van der Waals surface area contributed by atoms with Crippen LogP contribution in [-0.2, 0) is 4.79 Å². The number of rotatable bonds is 2. The van der Waals surface area contributed by atoms with Crippen molar-refractivity contribution in [3.63, 3.8) is 0 Å². The van der Waals surface area contributed by atoms with E-state index in [-0.39, 0.29) is 5.91 Å². The number of pyridine rings is 2. The van der Waals surface area contributed by atoms with Gasteiger partial charge in [0.2, 0.25) is 5.91 Å². The molecule has 7 nitrogen and oxygen atoms in total. The van der Waals surface area contributed by atoms with Crippen molar-refractivity contribution in [2.75, 3.05) is 31.1 Å². The van der Waals surface area contributed by atoms with Crippen molar-refractivity contribution in [3.8, 4) is 11.4 Å². The van der Waals surface area contributed by atoms with Gasteiger partial charge < -0.3 is 9.80 Å². The number of nitrogens with one attached hydrogen (secondary N) is 1. The lowest BCUT2D eigenvalue weighted by Gasteiger charge is -2.35. The number of piperazine rings is 1. The predicted molar refractivity (Wildman–Crippen MR) is 91.6 cm³/mol.